The molecule has 0 aliphatic carbocycles. The Morgan fingerprint density at radius 1 is 1.28 bits per heavy atom. The van der Waals surface area contributed by atoms with Gasteiger partial charge >= 0.3 is 0 Å². The number of hydrogen-bond acceptors (Lipinski definition) is 6. The number of ether oxygens (including phenoxy) is 2. The van der Waals surface area contributed by atoms with Crippen LogP contribution >= 0.6 is 11.8 Å². The fourth-order valence-electron chi connectivity index (χ4n) is 2.68. The molecular weight excluding hydrogens is 338 g/mol. The molecule has 0 atom stereocenters. The predicted octanol–water partition coefficient (Wildman–Crippen LogP) is 3.78. The van der Waals surface area contributed by atoms with Gasteiger partial charge < -0.3 is 14.5 Å². The largest absolute Gasteiger partial charge is 0.493 e. The Bertz CT molecular complexity index is 937. The number of methoxy groups -OCH3 is 2. The van der Waals surface area contributed by atoms with Gasteiger partial charge in [0.1, 0.15) is 0 Å². The van der Waals surface area contributed by atoms with Crippen molar-refractivity contribution < 1.29 is 14.3 Å². The number of aryl methyl sites for hydroxylation is 1. The second-order valence-electron chi connectivity index (χ2n) is 5.56. The lowest BCUT2D eigenvalue weighted by atomic mass is 10.0. The van der Waals surface area contributed by atoms with Crippen LogP contribution in [0.5, 0.6) is 11.5 Å². The Hall–Kier alpha value is -2.54. The van der Waals surface area contributed by atoms with E-state index in [1.807, 2.05) is 19.1 Å². The molecule has 0 aliphatic heterocycles. The first kappa shape index (κ1) is 17.3. The van der Waals surface area contributed by atoms with Gasteiger partial charge in [0.25, 0.3) is 0 Å². The number of hydrogen-bond donors (Lipinski definition) is 1. The van der Waals surface area contributed by atoms with Crippen LogP contribution in [-0.4, -0.2) is 35.0 Å². The third-order valence-electron chi connectivity index (χ3n) is 3.90. The van der Waals surface area contributed by atoms with Crippen LogP contribution in [0.25, 0.3) is 11.0 Å². The minimum absolute atomic E-state index is 0.0434. The molecule has 1 aromatic carbocycles. The van der Waals surface area contributed by atoms with E-state index >= 15 is 0 Å². The molecule has 0 radical (unpaired) electrons. The quantitative estimate of drug-likeness (QED) is 0.534. The summed E-state index contributed by atoms with van der Waals surface area (Å²) in [7, 11) is 3.20. The zero-order chi connectivity index (χ0) is 18.0. The minimum atomic E-state index is 0.0434. The van der Waals surface area contributed by atoms with Gasteiger partial charge in [0.2, 0.25) is 0 Å². The first-order valence-electron chi connectivity index (χ1n) is 7.73. The van der Waals surface area contributed by atoms with E-state index in [1.165, 1.54) is 11.8 Å². The number of imidazole rings is 1. The van der Waals surface area contributed by atoms with Crippen molar-refractivity contribution in [2.45, 2.75) is 24.8 Å². The monoisotopic (exact) mass is 357 g/mol. The molecule has 0 unspecified atom stereocenters. The second-order valence-corrected chi connectivity index (χ2v) is 6.53. The number of Topliss-reactive ketones (excluding diaryl/α,β-unsaturated/α-hetero) is 1. The summed E-state index contributed by atoms with van der Waals surface area (Å²) in [5, 5.41) is 0.766. The topological polar surface area (TPSA) is 77.1 Å². The number of pyridine rings is 1. The summed E-state index contributed by atoms with van der Waals surface area (Å²) in [5.41, 5.74) is 4.12. The van der Waals surface area contributed by atoms with Gasteiger partial charge in [-0.1, -0.05) is 11.8 Å². The summed E-state index contributed by atoms with van der Waals surface area (Å²) in [6.07, 6.45) is 1.69. The summed E-state index contributed by atoms with van der Waals surface area (Å²) in [5.74, 6) is 1.91. The van der Waals surface area contributed by atoms with Gasteiger partial charge in [-0.05, 0) is 31.5 Å². The van der Waals surface area contributed by atoms with Gasteiger partial charge in [-0.25, -0.2) is 4.98 Å². The highest BCUT2D eigenvalue weighted by molar-refractivity contribution is 7.98. The zero-order valence-electron chi connectivity index (χ0n) is 14.5. The number of thioether (sulfide) groups is 1. The van der Waals surface area contributed by atoms with E-state index in [1.54, 1.807) is 33.4 Å². The van der Waals surface area contributed by atoms with Crippen molar-refractivity contribution in [3.63, 3.8) is 0 Å². The minimum Gasteiger partial charge on any atom is -0.493 e. The number of H-pyrrole nitrogens is 1. The standard InChI is InChI=1S/C18H19N3O3S/c1-10-7-13-14(8-12(10)11(2)22)21-18(20-13)25-9-15-17(24-4)16(23-3)5-6-19-15/h5-8H,9H2,1-4H3,(H,20,21). The van der Waals surface area contributed by atoms with E-state index < -0.39 is 0 Å². The first-order chi connectivity index (χ1) is 12.0. The molecule has 3 aromatic rings. The summed E-state index contributed by atoms with van der Waals surface area (Å²) in [6.45, 7) is 3.49. The lowest BCUT2D eigenvalue weighted by Crippen LogP contribution is -1.97. The maximum absolute atomic E-state index is 11.7. The molecule has 0 fully saturated rings. The van der Waals surface area contributed by atoms with Crippen LogP contribution in [0, 0.1) is 6.92 Å². The molecule has 2 aromatic heterocycles. The second kappa shape index (κ2) is 7.14. The van der Waals surface area contributed by atoms with Crippen LogP contribution in [0.2, 0.25) is 0 Å². The lowest BCUT2D eigenvalue weighted by molar-refractivity contribution is 0.101. The Balaban J connectivity index is 1.86. The number of nitrogens with zero attached hydrogens (tertiary/aromatic N) is 2. The van der Waals surface area contributed by atoms with Gasteiger partial charge in [0, 0.05) is 23.6 Å². The van der Waals surface area contributed by atoms with E-state index in [-0.39, 0.29) is 5.78 Å². The maximum atomic E-state index is 11.7. The number of nitrogens with one attached hydrogen (secondary N) is 1. The van der Waals surface area contributed by atoms with Gasteiger partial charge in [-0.15, -0.1) is 0 Å². The van der Waals surface area contributed by atoms with E-state index in [0.29, 0.717) is 22.8 Å². The smallest absolute Gasteiger partial charge is 0.183 e. The highest BCUT2D eigenvalue weighted by atomic mass is 32.2. The third-order valence-corrected chi connectivity index (χ3v) is 4.78. The molecular formula is C18H19N3O3S. The third kappa shape index (κ3) is 3.46. The first-order valence-corrected chi connectivity index (χ1v) is 8.72. The number of aromatic nitrogens is 3. The van der Waals surface area contributed by atoms with Gasteiger partial charge in [0.05, 0.1) is 30.9 Å². The van der Waals surface area contributed by atoms with Crippen molar-refractivity contribution in [1.29, 1.82) is 0 Å². The Morgan fingerprint density at radius 3 is 2.76 bits per heavy atom. The zero-order valence-corrected chi connectivity index (χ0v) is 15.4. The van der Waals surface area contributed by atoms with Crippen molar-refractivity contribution in [2.24, 2.45) is 0 Å². The molecule has 6 nitrogen and oxygen atoms in total. The van der Waals surface area contributed by atoms with Crippen LogP contribution in [0.15, 0.2) is 29.6 Å². The fraction of sp³-hybridized carbons (Fsp3) is 0.278. The van der Waals surface area contributed by atoms with Crippen LogP contribution in [0.4, 0.5) is 0 Å². The number of rotatable bonds is 6. The number of carbonyl (C=O) groups excluding carboxylic acids is 1. The molecule has 7 heteroatoms. The van der Waals surface area contributed by atoms with Crippen molar-refractivity contribution in [3.8, 4) is 11.5 Å². The van der Waals surface area contributed by atoms with Crippen molar-refractivity contribution >= 4 is 28.6 Å². The molecule has 0 amide bonds. The van der Waals surface area contributed by atoms with Gasteiger partial charge in [-0.2, -0.15) is 0 Å². The van der Waals surface area contributed by atoms with Crippen LogP contribution in [0.3, 0.4) is 0 Å². The summed E-state index contributed by atoms with van der Waals surface area (Å²) < 4.78 is 10.7. The van der Waals surface area contributed by atoms with E-state index in [9.17, 15) is 4.79 Å². The SMILES string of the molecule is COc1ccnc(CSc2nc3cc(C(C)=O)c(C)cc3[nH]2)c1OC. The fourth-order valence-corrected chi connectivity index (χ4v) is 3.50. The van der Waals surface area contributed by atoms with E-state index in [0.717, 1.165) is 27.4 Å². The molecule has 0 spiro atoms. The molecule has 1 N–H and O–H groups in total. The van der Waals surface area contributed by atoms with Crippen LogP contribution < -0.4 is 9.47 Å². The number of benzene rings is 1. The number of carbonyl (C=O) groups is 1. The molecule has 130 valence electrons. The molecule has 0 bridgehead atoms. The molecule has 2 heterocycles. The highest BCUT2D eigenvalue weighted by Gasteiger charge is 2.14. The van der Waals surface area contributed by atoms with Crippen LogP contribution in [0.1, 0.15) is 28.5 Å². The van der Waals surface area contributed by atoms with Crippen LogP contribution in [-0.2, 0) is 5.75 Å². The Labute approximate surface area is 150 Å². The highest BCUT2D eigenvalue weighted by Crippen LogP contribution is 2.33. The van der Waals surface area contributed by atoms with E-state index in [4.69, 9.17) is 9.47 Å². The summed E-state index contributed by atoms with van der Waals surface area (Å²) >= 11 is 1.52. The number of aromatic amines is 1. The average Bonchev–Trinajstić information content (AvgIpc) is 3.00. The normalized spacial score (nSPS) is 10.9. The molecule has 25 heavy (non-hydrogen) atoms. The molecule has 0 saturated carbocycles. The number of ketones is 1. The van der Waals surface area contributed by atoms with Crippen molar-refractivity contribution in [1.82, 2.24) is 15.0 Å². The summed E-state index contributed by atoms with van der Waals surface area (Å²) in [6, 6.07) is 5.55. The predicted molar refractivity (Wildman–Crippen MR) is 97.7 cm³/mol. The van der Waals surface area contributed by atoms with E-state index in [2.05, 4.69) is 15.0 Å². The Kier molecular flexibility index (Phi) is 4.94. The van der Waals surface area contributed by atoms with Crippen molar-refractivity contribution in [3.05, 3.63) is 41.2 Å². The average molecular weight is 357 g/mol. The Morgan fingerprint density at radius 2 is 2.08 bits per heavy atom. The number of fused-ring (bicyclic) bond motifs is 1. The summed E-state index contributed by atoms with van der Waals surface area (Å²) in [4.78, 5) is 23.9. The lowest BCUT2D eigenvalue weighted by Gasteiger charge is -2.10. The van der Waals surface area contributed by atoms with Crippen molar-refractivity contribution in [2.75, 3.05) is 14.2 Å². The van der Waals surface area contributed by atoms with Gasteiger partial charge in [-0.3, -0.25) is 9.78 Å². The maximum Gasteiger partial charge on any atom is 0.183 e. The molecule has 0 saturated heterocycles. The molecule has 0 aliphatic rings. The molecule has 3 rings (SSSR count). The van der Waals surface area contributed by atoms with Gasteiger partial charge in [0.15, 0.2) is 22.4 Å².